The van der Waals surface area contributed by atoms with Crippen LogP contribution in [0.15, 0.2) is 18.2 Å². The Kier molecular flexibility index (Phi) is 6.74. The van der Waals surface area contributed by atoms with Crippen molar-refractivity contribution < 1.29 is 9.53 Å². The summed E-state index contributed by atoms with van der Waals surface area (Å²) in [5, 5.41) is 0.768. The van der Waals surface area contributed by atoms with Crippen molar-refractivity contribution in [2.24, 2.45) is 11.8 Å². The number of para-hydroxylation sites is 1. The second kappa shape index (κ2) is 9.46. The molecular weight excluding hydrogens is 380 g/mol. The first-order valence-electron chi connectivity index (χ1n) is 11.5. The zero-order chi connectivity index (χ0) is 20.2. The van der Waals surface area contributed by atoms with Crippen molar-refractivity contribution in [2.45, 2.75) is 77.7 Å². The number of likely N-dealkylation sites (tertiary alicyclic amines) is 1. The number of unbranched alkanes of at least 4 members (excludes halogenated alkanes) is 1. The molecule has 4 nitrogen and oxygen atoms in total. The summed E-state index contributed by atoms with van der Waals surface area (Å²) in [4.78, 5) is 19.7. The van der Waals surface area contributed by atoms with Gasteiger partial charge in [-0.15, -0.1) is 0 Å². The van der Waals surface area contributed by atoms with Gasteiger partial charge in [0.05, 0.1) is 10.2 Å². The van der Waals surface area contributed by atoms with Gasteiger partial charge in [0.15, 0.2) is 0 Å². The van der Waals surface area contributed by atoms with Gasteiger partial charge in [0.1, 0.15) is 6.10 Å². The lowest BCUT2D eigenvalue weighted by Gasteiger charge is -2.36. The molecule has 5 heteroatoms. The summed E-state index contributed by atoms with van der Waals surface area (Å²) in [6.07, 6.45) is 10.6. The molecule has 0 radical (unpaired) electrons. The molecule has 1 saturated heterocycles. The minimum Gasteiger partial charge on any atom is -0.467 e. The number of benzene rings is 1. The fourth-order valence-electron chi connectivity index (χ4n) is 4.90. The average Bonchev–Trinajstić information content (AvgIpc) is 3.16. The van der Waals surface area contributed by atoms with Gasteiger partial charge >= 0.3 is 0 Å². The van der Waals surface area contributed by atoms with Gasteiger partial charge in [-0.3, -0.25) is 4.79 Å². The normalized spacial score (nSPS) is 23.4. The van der Waals surface area contributed by atoms with E-state index in [9.17, 15) is 4.79 Å². The molecule has 29 heavy (non-hydrogen) atoms. The standard InChI is InChI=1S/C24H34N2O2S/c1-3-4-7-18-9-11-19(12-10-18)23(27)26-15-13-20(14-16-26)28-24-25-22-17(2)6-5-8-21(22)29-24/h5-6,8,18-20H,3-4,7,9-16H2,1-2H3. The van der Waals surface area contributed by atoms with Gasteiger partial charge in [-0.25, -0.2) is 4.98 Å². The van der Waals surface area contributed by atoms with Crippen LogP contribution in [-0.2, 0) is 4.79 Å². The van der Waals surface area contributed by atoms with Crippen LogP contribution in [0, 0.1) is 18.8 Å². The lowest BCUT2D eigenvalue weighted by atomic mass is 9.79. The first-order chi connectivity index (χ1) is 14.1. The minimum atomic E-state index is 0.171. The second-order valence-electron chi connectivity index (χ2n) is 8.90. The van der Waals surface area contributed by atoms with Gasteiger partial charge in [0.25, 0.3) is 5.19 Å². The molecule has 1 aromatic carbocycles. The molecule has 2 aliphatic rings. The number of fused-ring (bicyclic) bond motifs is 1. The van der Waals surface area contributed by atoms with Crippen molar-refractivity contribution in [2.75, 3.05) is 13.1 Å². The molecule has 2 heterocycles. The van der Waals surface area contributed by atoms with E-state index in [2.05, 4.69) is 41.9 Å². The average molecular weight is 415 g/mol. The molecule has 1 aliphatic carbocycles. The number of carbonyl (C=O) groups is 1. The Morgan fingerprint density at radius 3 is 2.62 bits per heavy atom. The highest BCUT2D eigenvalue weighted by molar-refractivity contribution is 7.20. The van der Waals surface area contributed by atoms with Crippen LogP contribution in [0.4, 0.5) is 0 Å². The second-order valence-corrected chi connectivity index (χ2v) is 9.90. The number of carbonyl (C=O) groups excluding carboxylic acids is 1. The van der Waals surface area contributed by atoms with E-state index in [1.807, 2.05) is 0 Å². The molecule has 1 saturated carbocycles. The molecule has 1 aromatic heterocycles. The summed E-state index contributed by atoms with van der Waals surface area (Å²) < 4.78 is 7.37. The van der Waals surface area contributed by atoms with Gasteiger partial charge in [-0.05, 0) is 50.2 Å². The summed E-state index contributed by atoms with van der Waals surface area (Å²) in [5.41, 5.74) is 2.24. The highest BCUT2D eigenvalue weighted by Crippen LogP contribution is 2.34. The Balaban J connectivity index is 1.25. The predicted octanol–water partition coefficient (Wildman–Crippen LogP) is 5.97. The lowest BCUT2D eigenvalue weighted by Crippen LogP contribution is -2.45. The largest absolute Gasteiger partial charge is 0.467 e. The summed E-state index contributed by atoms with van der Waals surface area (Å²) in [6, 6.07) is 6.26. The molecular formula is C24H34N2O2S. The van der Waals surface area contributed by atoms with Crippen molar-refractivity contribution in [3.8, 4) is 5.19 Å². The van der Waals surface area contributed by atoms with Crippen LogP contribution in [0.2, 0.25) is 0 Å². The van der Waals surface area contributed by atoms with Crippen molar-refractivity contribution in [1.29, 1.82) is 0 Å². The van der Waals surface area contributed by atoms with Crippen molar-refractivity contribution in [1.82, 2.24) is 9.88 Å². The van der Waals surface area contributed by atoms with Gasteiger partial charge in [0.2, 0.25) is 5.91 Å². The van der Waals surface area contributed by atoms with Crippen molar-refractivity contribution in [3.05, 3.63) is 23.8 Å². The Bertz CT molecular complexity index is 817. The van der Waals surface area contributed by atoms with Crippen molar-refractivity contribution >= 4 is 27.5 Å². The van der Waals surface area contributed by atoms with E-state index in [1.54, 1.807) is 11.3 Å². The van der Waals surface area contributed by atoms with Gasteiger partial charge in [0, 0.05) is 31.8 Å². The molecule has 0 atom stereocenters. The number of hydrogen-bond acceptors (Lipinski definition) is 4. The number of thiazole rings is 1. The van der Waals surface area contributed by atoms with E-state index >= 15 is 0 Å². The third-order valence-corrected chi connectivity index (χ3v) is 7.70. The van der Waals surface area contributed by atoms with Crippen LogP contribution in [0.1, 0.15) is 70.3 Å². The van der Waals surface area contributed by atoms with Crippen LogP contribution in [0.5, 0.6) is 5.19 Å². The Hall–Kier alpha value is -1.62. The van der Waals surface area contributed by atoms with Crippen LogP contribution in [0.3, 0.4) is 0 Å². The summed E-state index contributed by atoms with van der Waals surface area (Å²) in [7, 11) is 0. The highest BCUT2D eigenvalue weighted by Gasteiger charge is 2.32. The molecule has 0 spiro atoms. The maximum absolute atomic E-state index is 13.0. The Morgan fingerprint density at radius 1 is 1.17 bits per heavy atom. The van der Waals surface area contributed by atoms with E-state index in [1.165, 1.54) is 42.4 Å². The molecule has 1 amide bonds. The predicted molar refractivity (Wildman–Crippen MR) is 120 cm³/mol. The topological polar surface area (TPSA) is 42.4 Å². The Labute approximate surface area is 178 Å². The zero-order valence-electron chi connectivity index (χ0n) is 17.9. The fraction of sp³-hybridized carbons (Fsp3) is 0.667. The molecule has 158 valence electrons. The first-order valence-corrected chi connectivity index (χ1v) is 12.3. The van der Waals surface area contributed by atoms with Crippen LogP contribution >= 0.6 is 11.3 Å². The van der Waals surface area contributed by atoms with E-state index in [-0.39, 0.29) is 12.0 Å². The lowest BCUT2D eigenvalue weighted by molar-refractivity contribution is -0.138. The number of amides is 1. The number of hydrogen-bond donors (Lipinski definition) is 0. The van der Waals surface area contributed by atoms with E-state index in [4.69, 9.17) is 4.74 Å². The number of aromatic nitrogens is 1. The highest BCUT2D eigenvalue weighted by atomic mass is 32.1. The number of aryl methyl sites for hydroxylation is 1. The summed E-state index contributed by atoms with van der Waals surface area (Å²) in [6.45, 7) is 6.00. The number of nitrogens with zero attached hydrogens (tertiary/aromatic N) is 2. The third kappa shape index (κ3) is 4.93. The van der Waals surface area contributed by atoms with E-state index in [0.29, 0.717) is 5.91 Å². The monoisotopic (exact) mass is 414 g/mol. The molecule has 4 rings (SSSR count). The molecule has 2 fully saturated rings. The quantitative estimate of drug-likeness (QED) is 0.585. The first kappa shape index (κ1) is 20.6. The number of ether oxygens (including phenoxy) is 1. The number of piperidine rings is 1. The van der Waals surface area contributed by atoms with Crippen molar-refractivity contribution in [3.63, 3.8) is 0 Å². The third-order valence-electron chi connectivity index (χ3n) is 6.78. The fourth-order valence-corrected chi connectivity index (χ4v) is 5.86. The van der Waals surface area contributed by atoms with Crippen LogP contribution < -0.4 is 4.74 Å². The van der Waals surface area contributed by atoms with Gasteiger partial charge in [-0.1, -0.05) is 49.7 Å². The molecule has 0 unspecified atom stereocenters. The van der Waals surface area contributed by atoms with Gasteiger partial charge in [-0.2, -0.15) is 0 Å². The molecule has 0 N–H and O–H groups in total. The van der Waals surface area contributed by atoms with E-state index < -0.39 is 0 Å². The Morgan fingerprint density at radius 2 is 1.93 bits per heavy atom. The summed E-state index contributed by atoms with van der Waals surface area (Å²) in [5.74, 6) is 1.51. The molecule has 2 aromatic rings. The molecule has 1 aliphatic heterocycles. The van der Waals surface area contributed by atoms with Gasteiger partial charge < -0.3 is 9.64 Å². The van der Waals surface area contributed by atoms with E-state index in [0.717, 1.165) is 55.4 Å². The summed E-state index contributed by atoms with van der Waals surface area (Å²) >= 11 is 1.63. The van der Waals surface area contributed by atoms with Crippen LogP contribution in [-0.4, -0.2) is 35.0 Å². The maximum Gasteiger partial charge on any atom is 0.274 e. The zero-order valence-corrected chi connectivity index (χ0v) is 18.7. The minimum absolute atomic E-state index is 0.171. The smallest absolute Gasteiger partial charge is 0.274 e. The maximum atomic E-state index is 13.0. The molecule has 0 bridgehead atoms. The number of rotatable bonds is 6. The SMILES string of the molecule is CCCCC1CCC(C(=O)N2CCC(Oc3nc4c(C)cccc4s3)CC2)CC1. The van der Waals surface area contributed by atoms with Crippen LogP contribution in [0.25, 0.3) is 10.2 Å².